The maximum atomic E-state index is 11.9. The third-order valence-electron chi connectivity index (χ3n) is 2.63. The highest BCUT2D eigenvalue weighted by Crippen LogP contribution is 2.11. The molecule has 1 aromatic carbocycles. The average molecular weight is 271 g/mol. The molecule has 102 valence electrons. The largest absolute Gasteiger partial charge is 0.369 e. The van der Waals surface area contributed by atoms with Crippen molar-refractivity contribution < 1.29 is 9.59 Å². The van der Waals surface area contributed by atoms with Crippen LogP contribution in [0.1, 0.15) is 15.9 Å². The Kier molecular flexibility index (Phi) is 3.95. The molecule has 0 radical (unpaired) electrons. The number of hydrogen-bond donors (Lipinski definition) is 3. The highest BCUT2D eigenvalue weighted by molar-refractivity contribution is 6.04. The van der Waals surface area contributed by atoms with Gasteiger partial charge in [-0.3, -0.25) is 14.4 Å². The van der Waals surface area contributed by atoms with Gasteiger partial charge in [0.15, 0.2) is 0 Å². The highest BCUT2D eigenvalue weighted by atomic mass is 16.2. The molecule has 6 heteroatoms. The van der Waals surface area contributed by atoms with Crippen molar-refractivity contribution in [3.05, 3.63) is 64.1 Å². The number of hydrogen-bond acceptors (Lipinski definition) is 3. The predicted octanol–water partition coefficient (Wildman–Crippen LogP) is 0.655. The molecular formula is C14H13N3O3. The molecule has 4 N–H and O–H groups in total. The first-order valence-electron chi connectivity index (χ1n) is 5.92. The zero-order valence-corrected chi connectivity index (χ0v) is 10.6. The van der Waals surface area contributed by atoms with Gasteiger partial charge in [-0.2, -0.15) is 0 Å². The number of carbonyl (C=O) groups excluding carboxylic acids is 2. The Morgan fingerprint density at radius 2 is 1.85 bits per heavy atom. The molecule has 0 saturated carbocycles. The van der Waals surface area contributed by atoms with Gasteiger partial charge >= 0.3 is 0 Å². The van der Waals surface area contributed by atoms with Crippen LogP contribution in [0, 0.1) is 0 Å². The molecule has 1 heterocycles. The van der Waals surface area contributed by atoms with Crippen LogP contribution in [0.4, 0.5) is 5.69 Å². The number of carbonyl (C=O) groups is 2. The van der Waals surface area contributed by atoms with E-state index < -0.39 is 5.91 Å². The van der Waals surface area contributed by atoms with Crippen LogP contribution >= 0.6 is 0 Å². The van der Waals surface area contributed by atoms with E-state index >= 15 is 0 Å². The van der Waals surface area contributed by atoms with Crippen molar-refractivity contribution in [2.24, 2.45) is 5.73 Å². The first kappa shape index (κ1) is 13.5. The minimum Gasteiger partial charge on any atom is -0.369 e. The molecule has 6 nitrogen and oxygen atoms in total. The van der Waals surface area contributed by atoms with Crippen molar-refractivity contribution >= 4 is 17.5 Å². The molecule has 2 aromatic rings. The second-order valence-electron chi connectivity index (χ2n) is 4.24. The first-order valence-corrected chi connectivity index (χ1v) is 5.92. The molecule has 0 fully saturated rings. The maximum Gasteiger partial charge on any atom is 0.255 e. The molecule has 1 aromatic heterocycles. The van der Waals surface area contributed by atoms with Gasteiger partial charge in [0.2, 0.25) is 11.5 Å². The molecule has 0 atom stereocenters. The van der Waals surface area contributed by atoms with Gasteiger partial charge in [0.05, 0.1) is 6.42 Å². The first-order chi connectivity index (χ1) is 9.54. The number of primary amides is 1. The number of aromatic amines is 1. The molecule has 2 amide bonds. The summed E-state index contributed by atoms with van der Waals surface area (Å²) in [4.78, 5) is 36.2. The lowest BCUT2D eigenvalue weighted by Gasteiger charge is -2.05. The van der Waals surface area contributed by atoms with Crippen LogP contribution in [-0.2, 0) is 11.2 Å². The summed E-state index contributed by atoms with van der Waals surface area (Å²) in [5, 5.41) is 2.66. The van der Waals surface area contributed by atoms with Crippen molar-refractivity contribution in [1.82, 2.24) is 4.98 Å². The summed E-state index contributed by atoms with van der Waals surface area (Å²) in [6.07, 6.45) is 1.56. The van der Waals surface area contributed by atoms with Gasteiger partial charge in [-0.05, 0) is 23.8 Å². The number of anilines is 1. The minimum atomic E-state index is -0.412. The fourth-order valence-electron chi connectivity index (χ4n) is 1.70. The lowest BCUT2D eigenvalue weighted by Crippen LogP contribution is -2.16. The Labute approximate surface area is 114 Å². The number of amides is 2. The lowest BCUT2D eigenvalue weighted by molar-refractivity contribution is -0.117. The SMILES string of the molecule is NC(=O)Cc1ccc(NC(=O)c2cc[nH]c(=O)c2)cc1. The summed E-state index contributed by atoms with van der Waals surface area (Å²) < 4.78 is 0. The van der Waals surface area contributed by atoms with Crippen LogP contribution in [0.25, 0.3) is 0 Å². The van der Waals surface area contributed by atoms with Crippen molar-refractivity contribution in [1.29, 1.82) is 0 Å². The molecule has 0 aliphatic rings. The number of H-pyrrole nitrogens is 1. The van der Waals surface area contributed by atoms with E-state index in [0.717, 1.165) is 5.56 Å². The van der Waals surface area contributed by atoms with Gasteiger partial charge in [-0.25, -0.2) is 0 Å². The molecule has 0 bridgehead atoms. The van der Waals surface area contributed by atoms with Crippen molar-refractivity contribution in [3.8, 4) is 0 Å². The van der Waals surface area contributed by atoms with E-state index in [4.69, 9.17) is 5.73 Å². The standard InChI is InChI=1S/C14H13N3O3/c15-12(18)7-9-1-3-11(4-2-9)17-14(20)10-5-6-16-13(19)8-10/h1-6,8H,7H2,(H2,15,18)(H,16,19)(H,17,20). The van der Waals surface area contributed by atoms with Gasteiger partial charge in [0.1, 0.15) is 0 Å². The molecule has 20 heavy (non-hydrogen) atoms. The average Bonchev–Trinajstić information content (AvgIpc) is 2.40. The number of nitrogens with two attached hydrogens (primary N) is 1. The molecule has 2 rings (SSSR count). The molecule has 0 unspecified atom stereocenters. The van der Waals surface area contributed by atoms with E-state index in [-0.39, 0.29) is 23.5 Å². The van der Waals surface area contributed by atoms with E-state index in [9.17, 15) is 14.4 Å². The van der Waals surface area contributed by atoms with E-state index in [1.54, 1.807) is 24.3 Å². The second-order valence-corrected chi connectivity index (χ2v) is 4.24. The van der Waals surface area contributed by atoms with Crippen molar-refractivity contribution in [2.75, 3.05) is 5.32 Å². The number of pyridine rings is 1. The van der Waals surface area contributed by atoms with Crippen molar-refractivity contribution in [3.63, 3.8) is 0 Å². The normalized spacial score (nSPS) is 10.0. The van der Waals surface area contributed by atoms with Gasteiger partial charge in [0.25, 0.3) is 5.91 Å². The molecule has 0 aliphatic carbocycles. The van der Waals surface area contributed by atoms with Gasteiger partial charge in [-0.1, -0.05) is 12.1 Å². The van der Waals surface area contributed by atoms with Crippen LogP contribution in [0.15, 0.2) is 47.4 Å². The summed E-state index contributed by atoms with van der Waals surface area (Å²) in [7, 11) is 0. The predicted molar refractivity (Wildman–Crippen MR) is 74.4 cm³/mol. The van der Waals surface area contributed by atoms with Crippen molar-refractivity contribution in [2.45, 2.75) is 6.42 Å². The van der Waals surface area contributed by atoms with E-state index in [1.807, 2.05) is 0 Å². The Balaban J connectivity index is 2.08. The van der Waals surface area contributed by atoms with Gasteiger partial charge in [0, 0.05) is 23.5 Å². The Morgan fingerprint density at radius 3 is 2.45 bits per heavy atom. The summed E-state index contributed by atoms with van der Waals surface area (Å²) >= 11 is 0. The Bertz CT molecular complexity index is 689. The minimum absolute atomic E-state index is 0.155. The summed E-state index contributed by atoms with van der Waals surface area (Å²) in [6, 6.07) is 9.48. The number of aromatic nitrogens is 1. The van der Waals surface area contributed by atoms with Gasteiger partial charge in [-0.15, -0.1) is 0 Å². The summed E-state index contributed by atoms with van der Waals surface area (Å²) in [5.41, 5.74) is 6.37. The fraction of sp³-hybridized carbons (Fsp3) is 0.0714. The summed E-state index contributed by atoms with van der Waals surface area (Å²) in [5.74, 6) is -0.788. The van der Waals surface area contributed by atoms with Gasteiger partial charge < -0.3 is 16.0 Å². The van der Waals surface area contributed by atoms with Crippen LogP contribution in [-0.4, -0.2) is 16.8 Å². The Morgan fingerprint density at radius 1 is 1.15 bits per heavy atom. The third kappa shape index (κ3) is 3.55. The monoisotopic (exact) mass is 271 g/mol. The third-order valence-corrected chi connectivity index (χ3v) is 2.63. The van der Waals surface area contributed by atoms with E-state index in [2.05, 4.69) is 10.3 Å². The highest BCUT2D eigenvalue weighted by Gasteiger charge is 2.06. The molecule has 0 saturated heterocycles. The van der Waals surface area contributed by atoms with Crippen LogP contribution in [0.3, 0.4) is 0 Å². The summed E-state index contributed by atoms with van der Waals surface area (Å²) in [6.45, 7) is 0. The van der Waals surface area contributed by atoms with E-state index in [1.165, 1.54) is 18.3 Å². The second kappa shape index (κ2) is 5.83. The Hall–Kier alpha value is -2.89. The lowest BCUT2D eigenvalue weighted by atomic mass is 10.1. The van der Waals surface area contributed by atoms with Crippen LogP contribution in [0.5, 0.6) is 0 Å². The zero-order chi connectivity index (χ0) is 14.5. The zero-order valence-electron chi connectivity index (χ0n) is 10.6. The molecular weight excluding hydrogens is 258 g/mol. The quantitative estimate of drug-likeness (QED) is 0.760. The number of benzene rings is 1. The molecule has 0 aliphatic heterocycles. The van der Waals surface area contributed by atoms with Crippen LogP contribution in [0.2, 0.25) is 0 Å². The smallest absolute Gasteiger partial charge is 0.255 e. The fourth-order valence-corrected chi connectivity index (χ4v) is 1.70. The molecule has 0 spiro atoms. The topological polar surface area (TPSA) is 105 Å². The van der Waals surface area contributed by atoms with Crippen LogP contribution < -0.4 is 16.6 Å². The van der Waals surface area contributed by atoms with E-state index in [0.29, 0.717) is 5.69 Å². The number of nitrogens with one attached hydrogen (secondary N) is 2. The maximum absolute atomic E-state index is 11.9. The number of rotatable bonds is 4.